The molecule has 0 spiro atoms. The molecule has 0 aromatic heterocycles. The maximum Gasteiger partial charge on any atom is 0.234 e. The molecule has 1 saturated heterocycles. The van der Waals surface area contributed by atoms with Crippen molar-refractivity contribution in [3.05, 3.63) is 4.91 Å². The topological polar surface area (TPSA) is 84.6 Å². The van der Waals surface area contributed by atoms with Crippen LogP contribution < -0.4 is 11.1 Å². The average Bonchev–Trinajstić information content (AvgIpc) is 2.34. The molecule has 2 atom stereocenters. The van der Waals surface area contributed by atoms with Crippen molar-refractivity contribution in [1.29, 1.82) is 0 Å². The molecule has 10 heavy (non-hydrogen) atoms. The third kappa shape index (κ3) is 1.30. The van der Waals surface area contributed by atoms with E-state index >= 15 is 0 Å². The Kier molecular flexibility index (Phi) is 1.96. The van der Waals surface area contributed by atoms with Gasteiger partial charge in [0.1, 0.15) is 6.04 Å². The molecule has 1 amide bonds. The van der Waals surface area contributed by atoms with Crippen molar-refractivity contribution in [1.82, 2.24) is 5.32 Å². The summed E-state index contributed by atoms with van der Waals surface area (Å²) in [6.07, 6.45) is 0.443. The van der Waals surface area contributed by atoms with Gasteiger partial charge in [-0.1, -0.05) is 5.18 Å². The minimum atomic E-state index is -0.411. The van der Waals surface area contributed by atoms with Gasteiger partial charge in [-0.05, 0) is 6.42 Å². The maximum absolute atomic E-state index is 10.5. The van der Waals surface area contributed by atoms with Crippen LogP contribution in [0.15, 0.2) is 5.18 Å². The van der Waals surface area contributed by atoms with Crippen molar-refractivity contribution >= 4 is 5.91 Å². The zero-order valence-corrected chi connectivity index (χ0v) is 5.41. The van der Waals surface area contributed by atoms with Crippen LogP contribution in [-0.4, -0.2) is 24.5 Å². The van der Waals surface area contributed by atoms with Crippen LogP contribution in [0.3, 0.4) is 0 Å². The van der Waals surface area contributed by atoms with E-state index < -0.39 is 5.91 Å². The van der Waals surface area contributed by atoms with E-state index in [1.54, 1.807) is 0 Å². The SMILES string of the molecule is NC(=O)[C@@H]1C[C@@H](N=O)CN1. The molecule has 56 valence electrons. The lowest BCUT2D eigenvalue weighted by Gasteiger charge is -2.01. The van der Waals surface area contributed by atoms with Crippen LogP contribution in [-0.2, 0) is 4.79 Å². The van der Waals surface area contributed by atoms with Crippen molar-refractivity contribution in [2.45, 2.75) is 18.5 Å². The molecule has 0 aromatic carbocycles. The first-order valence-corrected chi connectivity index (χ1v) is 3.09. The van der Waals surface area contributed by atoms with Crippen LogP contribution >= 0.6 is 0 Å². The largest absolute Gasteiger partial charge is 0.368 e. The second-order valence-electron chi connectivity index (χ2n) is 2.36. The van der Waals surface area contributed by atoms with Crippen molar-refractivity contribution in [3.63, 3.8) is 0 Å². The number of amides is 1. The van der Waals surface area contributed by atoms with Gasteiger partial charge in [0, 0.05) is 6.54 Å². The standard InChI is InChI=1S/C5H9N3O2/c6-5(9)4-1-3(8-10)2-7-4/h3-4,7H,1-2H2,(H2,6,9)/t3-,4+/m1/s1. The molecule has 1 aliphatic rings. The first-order valence-electron chi connectivity index (χ1n) is 3.09. The molecule has 0 bridgehead atoms. The number of rotatable bonds is 2. The smallest absolute Gasteiger partial charge is 0.234 e. The molecule has 1 aliphatic heterocycles. The Morgan fingerprint density at radius 2 is 2.40 bits per heavy atom. The van der Waals surface area contributed by atoms with Gasteiger partial charge in [0.05, 0.1) is 6.04 Å². The molecule has 0 radical (unpaired) electrons. The highest BCUT2D eigenvalue weighted by atomic mass is 16.3. The van der Waals surface area contributed by atoms with Crippen LogP contribution in [0.2, 0.25) is 0 Å². The molecule has 0 aromatic rings. The van der Waals surface area contributed by atoms with Crippen LogP contribution in [0.1, 0.15) is 6.42 Å². The quantitative estimate of drug-likeness (QED) is 0.484. The molecule has 1 fully saturated rings. The van der Waals surface area contributed by atoms with Gasteiger partial charge in [0.25, 0.3) is 0 Å². The third-order valence-corrected chi connectivity index (χ3v) is 1.60. The lowest BCUT2D eigenvalue weighted by molar-refractivity contribution is -0.119. The zero-order chi connectivity index (χ0) is 7.56. The number of carbonyl (C=O) groups is 1. The molecular formula is C5H9N3O2. The van der Waals surface area contributed by atoms with E-state index in [-0.39, 0.29) is 12.1 Å². The van der Waals surface area contributed by atoms with Gasteiger partial charge in [-0.25, -0.2) is 0 Å². The zero-order valence-electron chi connectivity index (χ0n) is 5.41. The van der Waals surface area contributed by atoms with E-state index in [0.717, 1.165) is 0 Å². The fraction of sp³-hybridized carbons (Fsp3) is 0.800. The fourth-order valence-electron chi connectivity index (χ4n) is 1.01. The average molecular weight is 143 g/mol. The summed E-state index contributed by atoms with van der Waals surface area (Å²) in [5, 5.41) is 5.59. The summed E-state index contributed by atoms with van der Waals surface area (Å²) in [6.45, 7) is 0.469. The first kappa shape index (κ1) is 7.14. The van der Waals surface area contributed by atoms with E-state index in [1.165, 1.54) is 0 Å². The number of hydrogen-bond acceptors (Lipinski definition) is 4. The fourth-order valence-corrected chi connectivity index (χ4v) is 1.01. The summed E-state index contributed by atoms with van der Waals surface area (Å²) >= 11 is 0. The summed E-state index contributed by atoms with van der Waals surface area (Å²) in [5.74, 6) is -0.411. The lowest BCUT2D eigenvalue weighted by atomic mass is 10.2. The number of carbonyl (C=O) groups excluding carboxylic acids is 1. The number of nitrogens with one attached hydrogen (secondary N) is 1. The van der Waals surface area contributed by atoms with Crippen molar-refractivity contribution in [3.8, 4) is 0 Å². The number of nitrogens with zero attached hydrogens (tertiary/aromatic N) is 1. The van der Waals surface area contributed by atoms with E-state index in [4.69, 9.17) is 5.73 Å². The molecule has 0 saturated carbocycles. The Labute approximate surface area is 57.9 Å². The molecule has 1 rings (SSSR count). The summed E-state index contributed by atoms with van der Waals surface area (Å²) in [7, 11) is 0. The van der Waals surface area contributed by atoms with Crippen LogP contribution in [0.4, 0.5) is 0 Å². The molecule has 0 aliphatic carbocycles. The Bertz CT molecular complexity index is 159. The maximum atomic E-state index is 10.5. The van der Waals surface area contributed by atoms with E-state index in [2.05, 4.69) is 10.5 Å². The highest BCUT2D eigenvalue weighted by molar-refractivity contribution is 5.80. The van der Waals surface area contributed by atoms with Gasteiger partial charge in [0.2, 0.25) is 5.91 Å². The summed E-state index contributed by atoms with van der Waals surface area (Å²) < 4.78 is 0. The van der Waals surface area contributed by atoms with Crippen LogP contribution in [0.5, 0.6) is 0 Å². The van der Waals surface area contributed by atoms with Crippen molar-refractivity contribution in [2.75, 3.05) is 6.54 Å². The molecule has 5 nitrogen and oxygen atoms in total. The second-order valence-corrected chi connectivity index (χ2v) is 2.36. The Hall–Kier alpha value is -0.970. The van der Waals surface area contributed by atoms with Crippen molar-refractivity contribution < 1.29 is 4.79 Å². The molecule has 1 heterocycles. The van der Waals surface area contributed by atoms with Gasteiger partial charge in [-0.3, -0.25) is 4.79 Å². The number of nitrogens with two attached hydrogens (primary N) is 1. The molecular weight excluding hydrogens is 134 g/mol. The normalized spacial score (nSPS) is 32.0. The van der Waals surface area contributed by atoms with E-state index in [9.17, 15) is 9.70 Å². The molecule has 3 N–H and O–H groups in total. The van der Waals surface area contributed by atoms with Crippen molar-refractivity contribution in [2.24, 2.45) is 10.9 Å². The third-order valence-electron chi connectivity index (χ3n) is 1.60. The monoisotopic (exact) mass is 143 g/mol. The highest BCUT2D eigenvalue weighted by Crippen LogP contribution is 2.08. The lowest BCUT2D eigenvalue weighted by Crippen LogP contribution is -2.36. The highest BCUT2D eigenvalue weighted by Gasteiger charge is 2.28. The summed E-state index contributed by atoms with van der Waals surface area (Å²) in [5.41, 5.74) is 4.97. The second kappa shape index (κ2) is 2.74. The number of nitroso groups, excluding NO2 is 1. The first-order chi connectivity index (χ1) is 4.74. The predicted octanol–water partition coefficient (Wildman–Crippen LogP) is -1.03. The predicted molar refractivity (Wildman–Crippen MR) is 35.2 cm³/mol. The van der Waals surface area contributed by atoms with E-state index in [0.29, 0.717) is 13.0 Å². The molecule has 5 heteroatoms. The Morgan fingerprint density at radius 1 is 1.70 bits per heavy atom. The van der Waals surface area contributed by atoms with Gasteiger partial charge < -0.3 is 11.1 Å². The summed E-state index contributed by atoms with van der Waals surface area (Å²) in [4.78, 5) is 20.4. The molecule has 0 unspecified atom stereocenters. The Balaban J connectivity index is 2.42. The van der Waals surface area contributed by atoms with Crippen LogP contribution in [0.25, 0.3) is 0 Å². The van der Waals surface area contributed by atoms with Gasteiger partial charge in [-0.15, -0.1) is 0 Å². The summed E-state index contributed by atoms with van der Waals surface area (Å²) in [6, 6.07) is -0.639. The minimum absolute atomic E-state index is 0.280. The number of primary amides is 1. The van der Waals surface area contributed by atoms with Gasteiger partial charge in [0.15, 0.2) is 0 Å². The number of hydrogen-bond donors (Lipinski definition) is 2. The van der Waals surface area contributed by atoms with Crippen LogP contribution in [0, 0.1) is 4.91 Å². The van der Waals surface area contributed by atoms with Gasteiger partial charge >= 0.3 is 0 Å². The van der Waals surface area contributed by atoms with Gasteiger partial charge in [-0.2, -0.15) is 4.91 Å². The minimum Gasteiger partial charge on any atom is -0.368 e. The Morgan fingerprint density at radius 3 is 2.70 bits per heavy atom. The van der Waals surface area contributed by atoms with E-state index in [1.807, 2.05) is 0 Å².